The van der Waals surface area contributed by atoms with Crippen molar-refractivity contribution in [3.8, 4) is 11.5 Å². The molecule has 3 rings (SSSR count). The molecule has 4 nitrogen and oxygen atoms in total. The first-order valence-corrected chi connectivity index (χ1v) is 8.42. The lowest BCUT2D eigenvalue weighted by atomic mass is 10.2. The molecule has 0 aliphatic carbocycles. The Balaban J connectivity index is 1.84. The van der Waals surface area contributed by atoms with Gasteiger partial charge in [-0.15, -0.1) is 0 Å². The lowest BCUT2D eigenvalue weighted by Crippen LogP contribution is -1.82. The van der Waals surface area contributed by atoms with Crippen molar-refractivity contribution in [3.63, 3.8) is 0 Å². The normalized spacial score (nSPS) is 11.5. The van der Waals surface area contributed by atoms with Crippen molar-refractivity contribution >= 4 is 47.0 Å². The Bertz CT molecular complexity index is 920. The Morgan fingerprint density at radius 3 is 1.46 bits per heavy atom. The lowest BCUT2D eigenvalue weighted by Gasteiger charge is -2.03. The molecule has 0 aliphatic rings. The van der Waals surface area contributed by atoms with E-state index in [1.165, 1.54) is 0 Å². The number of benzene rings is 3. The second kappa shape index (κ2) is 8.04. The van der Waals surface area contributed by atoms with Crippen LogP contribution in [0.4, 0.5) is 11.4 Å². The van der Waals surface area contributed by atoms with Gasteiger partial charge in [0.1, 0.15) is 11.5 Å². The van der Waals surface area contributed by atoms with Gasteiger partial charge in [-0.1, -0.05) is 47.5 Å². The molecule has 2 N–H and O–H groups in total. The third-order valence-corrected chi connectivity index (χ3v) is 4.07. The fourth-order valence-electron chi connectivity index (χ4n) is 2.22. The molecular weight excluding hydrogens is 371 g/mol. The van der Waals surface area contributed by atoms with Crippen LogP contribution in [0.2, 0.25) is 10.0 Å². The van der Waals surface area contributed by atoms with Crippen LogP contribution in [0.1, 0.15) is 11.1 Å². The SMILES string of the molecule is Oc1cccc(C=Nc2cc(Cl)c(N=Cc3cccc(O)c3)cc2Cl)c1. The van der Waals surface area contributed by atoms with Gasteiger partial charge in [-0.3, -0.25) is 9.98 Å². The van der Waals surface area contributed by atoms with E-state index >= 15 is 0 Å². The Morgan fingerprint density at radius 1 is 0.654 bits per heavy atom. The molecule has 0 atom stereocenters. The number of rotatable bonds is 4. The fraction of sp³-hybridized carbons (Fsp3) is 0. The summed E-state index contributed by atoms with van der Waals surface area (Å²) in [6, 6.07) is 16.7. The van der Waals surface area contributed by atoms with Gasteiger partial charge in [0.15, 0.2) is 0 Å². The summed E-state index contributed by atoms with van der Waals surface area (Å²) in [6.45, 7) is 0. The van der Waals surface area contributed by atoms with Crippen LogP contribution >= 0.6 is 23.2 Å². The van der Waals surface area contributed by atoms with Gasteiger partial charge in [0.25, 0.3) is 0 Å². The minimum atomic E-state index is 0.162. The Hall–Kier alpha value is -2.82. The molecule has 26 heavy (non-hydrogen) atoms. The van der Waals surface area contributed by atoms with Crippen molar-refractivity contribution in [2.45, 2.75) is 0 Å². The first-order chi connectivity index (χ1) is 12.5. The average Bonchev–Trinajstić information content (AvgIpc) is 2.61. The van der Waals surface area contributed by atoms with Gasteiger partial charge >= 0.3 is 0 Å². The highest BCUT2D eigenvalue weighted by atomic mass is 35.5. The van der Waals surface area contributed by atoms with Gasteiger partial charge in [0.05, 0.1) is 21.4 Å². The summed E-state index contributed by atoms with van der Waals surface area (Å²) in [5, 5.41) is 19.7. The van der Waals surface area contributed by atoms with E-state index in [4.69, 9.17) is 23.2 Å². The second-order valence-electron chi connectivity index (χ2n) is 5.46. The van der Waals surface area contributed by atoms with Crippen LogP contribution in [0.25, 0.3) is 0 Å². The summed E-state index contributed by atoms with van der Waals surface area (Å²) in [5.41, 5.74) is 2.47. The van der Waals surface area contributed by atoms with Crippen molar-refractivity contribution in [1.29, 1.82) is 0 Å². The van der Waals surface area contributed by atoms with Crippen LogP contribution < -0.4 is 0 Å². The highest BCUT2D eigenvalue weighted by molar-refractivity contribution is 6.37. The molecule has 0 aliphatic heterocycles. The molecule has 0 aromatic heterocycles. The molecule has 0 unspecified atom stereocenters. The smallest absolute Gasteiger partial charge is 0.116 e. The molecule has 0 fully saturated rings. The van der Waals surface area contributed by atoms with Crippen molar-refractivity contribution in [2.75, 3.05) is 0 Å². The molecule has 0 saturated carbocycles. The van der Waals surface area contributed by atoms with E-state index in [-0.39, 0.29) is 11.5 Å². The maximum atomic E-state index is 9.48. The highest BCUT2D eigenvalue weighted by Crippen LogP contribution is 2.36. The number of aliphatic imine (C=N–C) groups is 2. The van der Waals surface area contributed by atoms with Crippen LogP contribution in [0.3, 0.4) is 0 Å². The Labute approximate surface area is 160 Å². The Kier molecular flexibility index (Phi) is 5.56. The zero-order valence-corrected chi connectivity index (χ0v) is 15.0. The quantitative estimate of drug-likeness (QED) is 0.549. The molecule has 0 saturated heterocycles. The summed E-state index contributed by atoms with van der Waals surface area (Å²) >= 11 is 12.5. The number of aromatic hydroxyl groups is 2. The van der Waals surface area contributed by atoms with Crippen LogP contribution in [0.15, 0.2) is 70.6 Å². The predicted molar refractivity (Wildman–Crippen MR) is 107 cm³/mol. The van der Waals surface area contributed by atoms with E-state index in [1.807, 2.05) is 12.1 Å². The average molecular weight is 385 g/mol. The third-order valence-electron chi connectivity index (χ3n) is 3.46. The summed E-state index contributed by atoms with van der Waals surface area (Å²) in [4.78, 5) is 8.62. The number of phenolic OH excluding ortho intramolecular Hbond substituents is 2. The summed E-state index contributed by atoms with van der Waals surface area (Å²) in [5.74, 6) is 0.324. The van der Waals surface area contributed by atoms with E-state index in [0.29, 0.717) is 21.4 Å². The monoisotopic (exact) mass is 384 g/mol. The maximum absolute atomic E-state index is 9.48. The lowest BCUT2D eigenvalue weighted by molar-refractivity contribution is 0.474. The van der Waals surface area contributed by atoms with E-state index in [9.17, 15) is 10.2 Å². The first-order valence-electron chi connectivity index (χ1n) is 7.66. The van der Waals surface area contributed by atoms with Gasteiger partial charge in [-0.25, -0.2) is 0 Å². The second-order valence-corrected chi connectivity index (χ2v) is 6.28. The molecule has 3 aromatic rings. The molecule has 3 aromatic carbocycles. The zero-order chi connectivity index (χ0) is 18.5. The van der Waals surface area contributed by atoms with E-state index < -0.39 is 0 Å². The molecule has 130 valence electrons. The number of nitrogens with zero attached hydrogens (tertiary/aromatic N) is 2. The zero-order valence-electron chi connectivity index (χ0n) is 13.5. The van der Waals surface area contributed by atoms with Gasteiger partial charge in [-0.05, 0) is 47.5 Å². The molecule has 0 heterocycles. The largest absolute Gasteiger partial charge is 0.508 e. The molecule has 0 bridgehead atoms. The van der Waals surface area contributed by atoms with Crippen molar-refractivity contribution in [3.05, 3.63) is 81.8 Å². The van der Waals surface area contributed by atoms with Gasteiger partial charge in [-0.2, -0.15) is 0 Å². The van der Waals surface area contributed by atoms with Crippen molar-refractivity contribution in [1.82, 2.24) is 0 Å². The fourth-order valence-corrected chi connectivity index (χ4v) is 2.64. The molecule has 0 amide bonds. The number of hydrogen-bond donors (Lipinski definition) is 2. The van der Waals surface area contributed by atoms with Gasteiger partial charge in [0.2, 0.25) is 0 Å². The molecule has 0 spiro atoms. The summed E-state index contributed by atoms with van der Waals surface area (Å²) < 4.78 is 0. The predicted octanol–water partition coefficient (Wildman–Crippen LogP) is 5.91. The van der Waals surface area contributed by atoms with E-state index in [0.717, 1.165) is 11.1 Å². The van der Waals surface area contributed by atoms with E-state index in [2.05, 4.69) is 9.98 Å². The van der Waals surface area contributed by atoms with Crippen LogP contribution in [-0.2, 0) is 0 Å². The van der Waals surface area contributed by atoms with Gasteiger partial charge in [0, 0.05) is 12.4 Å². The molecule has 6 heteroatoms. The first kappa shape index (κ1) is 18.0. The van der Waals surface area contributed by atoms with Gasteiger partial charge < -0.3 is 10.2 Å². The number of halogens is 2. The topological polar surface area (TPSA) is 65.2 Å². The molecule has 0 radical (unpaired) electrons. The standard InChI is InChI=1S/C20H14Cl2N2O2/c21-17-10-20(24-12-14-4-2-6-16(26)8-14)18(22)9-19(17)23-11-13-3-1-5-15(25)7-13/h1-12,25-26H. The minimum Gasteiger partial charge on any atom is -0.508 e. The Morgan fingerprint density at radius 2 is 1.08 bits per heavy atom. The summed E-state index contributed by atoms with van der Waals surface area (Å²) in [6.07, 6.45) is 3.18. The van der Waals surface area contributed by atoms with Crippen molar-refractivity contribution < 1.29 is 10.2 Å². The van der Waals surface area contributed by atoms with Crippen molar-refractivity contribution in [2.24, 2.45) is 9.98 Å². The number of hydrogen-bond acceptors (Lipinski definition) is 4. The van der Waals surface area contributed by atoms with Crippen LogP contribution in [0.5, 0.6) is 11.5 Å². The highest BCUT2D eigenvalue weighted by Gasteiger charge is 2.06. The van der Waals surface area contributed by atoms with Crippen LogP contribution in [0, 0.1) is 0 Å². The minimum absolute atomic E-state index is 0.162. The third kappa shape index (κ3) is 4.63. The summed E-state index contributed by atoms with van der Waals surface area (Å²) in [7, 11) is 0. The van der Waals surface area contributed by atoms with E-state index in [1.54, 1.807) is 61.0 Å². The number of phenols is 2. The van der Waals surface area contributed by atoms with Crippen LogP contribution in [-0.4, -0.2) is 22.6 Å². The molecular formula is C20H14Cl2N2O2. The maximum Gasteiger partial charge on any atom is 0.116 e.